The normalized spacial score (nSPS) is 19.1. The van der Waals surface area contributed by atoms with E-state index in [4.69, 9.17) is 28.9 Å². The molecule has 0 spiro atoms. The summed E-state index contributed by atoms with van der Waals surface area (Å²) >= 11 is 12.3. The Morgan fingerprint density at radius 3 is 2.67 bits per heavy atom. The molecule has 0 saturated heterocycles. The van der Waals surface area contributed by atoms with Gasteiger partial charge in [0.1, 0.15) is 0 Å². The molecule has 0 aliphatic heterocycles. The summed E-state index contributed by atoms with van der Waals surface area (Å²) in [5, 5.41) is 1.47. The van der Waals surface area contributed by atoms with E-state index in [0.717, 1.165) is 41.3 Å². The van der Waals surface area contributed by atoms with E-state index in [1.807, 2.05) is 18.2 Å². The van der Waals surface area contributed by atoms with Crippen molar-refractivity contribution >= 4 is 23.2 Å². The molecule has 0 bridgehead atoms. The van der Waals surface area contributed by atoms with Gasteiger partial charge in [-0.2, -0.15) is 0 Å². The summed E-state index contributed by atoms with van der Waals surface area (Å²) in [6, 6.07) is 14.4. The Morgan fingerprint density at radius 2 is 1.86 bits per heavy atom. The SMILES string of the molecule is NC(Cc1cc(Cl)ccc1Cl)C1CCc2ccccc2C1. The summed E-state index contributed by atoms with van der Waals surface area (Å²) in [5.41, 5.74) is 10.4. The second-order valence-corrected chi connectivity index (χ2v) is 6.72. The highest BCUT2D eigenvalue weighted by atomic mass is 35.5. The van der Waals surface area contributed by atoms with Crippen molar-refractivity contribution in [2.45, 2.75) is 31.7 Å². The summed E-state index contributed by atoms with van der Waals surface area (Å²) in [6.07, 6.45) is 4.12. The van der Waals surface area contributed by atoms with Crippen molar-refractivity contribution in [1.82, 2.24) is 0 Å². The van der Waals surface area contributed by atoms with Gasteiger partial charge in [-0.3, -0.25) is 0 Å². The number of fused-ring (bicyclic) bond motifs is 1. The Hall–Kier alpha value is -1.02. The monoisotopic (exact) mass is 319 g/mol. The van der Waals surface area contributed by atoms with E-state index in [2.05, 4.69) is 24.3 Å². The van der Waals surface area contributed by atoms with Gasteiger partial charge in [-0.1, -0.05) is 47.5 Å². The Morgan fingerprint density at radius 1 is 1.10 bits per heavy atom. The first kappa shape index (κ1) is 14.9. The quantitative estimate of drug-likeness (QED) is 0.874. The van der Waals surface area contributed by atoms with Crippen LogP contribution in [0.2, 0.25) is 10.0 Å². The summed E-state index contributed by atoms with van der Waals surface area (Å²) in [5.74, 6) is 0.509. The Balaban J connectivity index is 1.72. The Kier molecular flexibility index (Phi) is 4.54. The van der Waals surface area contributed by atoms with Crippen LogP contribution in [0, 0.1) is 5.92 Å². The molecule has 2 N–H and O–H groups in total. The van der Waals surface area contributed by atoms with Gasteiger partial charge in [-0.15, -0.1) is 0 Å². The molecule has 0 radical (unpaired) electrons. The van der Waals surface area contributed by atoms with E-state index in [1.165, 1.54) is 11.1 Å². The molecule has 0 heterocycles. The molecular formula is C18H19Cl2N. The van der Waals surface area contributed by atoms with Gasteiger partial charge >= 0.3 is 0 Å². The van der Waals surface area contributed by atoms with E-state index in [-0.39, 0.29) is 6.04 Å². The number of hydrogen-bond acceptors (Lipinski definition) is 1. The number of aryl methyl sites for hydroxylation is 1. The van der Waals surface area contributed by atoms with Crippen LogP contribution in [0.25, 0.3) is 0 Å². The number of rotatable bonds is 3. The van der Waals surface area contributed by atoms with Crippen molar-refractivity contribution < 1.29 is 0 Å². The number of halogens is 2. The van der Waals surface area contributed by atoms with Gasteiger partial charge in [0.15, 0.2) is 0 Å². The maximum atomic E-state index is 6.45. The van der Waals surface area contributed by atoms with Gasteiger partial charge in [-0.05, 0) is 66.5 Å². The van der Waals surface area contributed by atoms with Gasteiger partial charge in [-0.25, -0.2) is 0 Å². The first-order chi connectivity index (χ1) is 10.1. The number of hydrogen-bond donors (Lipinski definition) is 1. The minimum Gasteiger partial charge on any atom is -0.327 e. The van der Waals surface area contributed by atoms with E-state index in [0.29, 0.717) is 5.92 Å². The molecule has 2 atom stereocenters. The van der Waals surface area contributed by atoms with Crippen molar-refractivity contribution in [3.8, 4) is 0 Å². The molecule has 0 amide bonds. The van der Waals surface area contributed by atoms with E-state index < -0.39 is 0 Å². The fraction of sp³-hybridized carbons (Fsp3) is 0.333. The average Bonchev–Trinajstić information content (AvgIpc) is 2.50. The summed E-state index contributed by atoms with van der Waals surface area (Å²) in [7, 11) is 0. The molecule has 3 heteroatoms. The summed E-state index contributed by atoms with van der Waals surface area (Å²) in [4.78, 5) is 0. The summed E-state index contributed by atoms with van der Waals surface area (Å²) < 4.78 is 0. The predicted octanol–water partition coefficient (Wildman–Crippen LogP) is 4.67. The molecular weight excluding hydrogens is 301 g/mol. The lowest BCUT2D eigenvalue weighted by Gasteiger charge is -2.29. The molecule has 1 aliphatic rings. The molecule has 2 aromatic rings. The van der Waals surface area contributed by atoms with Gasteiger partial charge in [0.2, 0.25) is 0 Å². The summed E-state index contributed by atoms with van der Waals surface area (Å²) in [6.45, 7) is 0. The number of benzene rings is 2. The Labute approximate surface area is 136 Å². The minimum absolute atomic E-state index is 0.120. The maximum Gasteiger partial charge on any atom is 0.0439 e. The fourth-order valence-electron chi connectivity index (χ4n) is 3.21. The van der Waals surface area contributed by atoms with Gasteiger partial charge in [0, 0.05) is 16.1 Å². The Bertz CT molecular complexity index is 639. The molecule has 21 heavy (non-hydrogen) atoms. The lowest BCUT2D eigenvalue weighted by atomic mass is 9.79. The zero-order valence-electron chi connectivity index (χ0n) is 11.9. The van der Waals surface area contributed by atoms with E-state index >= 15 is 0 Å². The number of nitrogens with two attached hydrogens (primary N) is 1. The molecule has 3 rings (SSSR count). The van der Waals surface area contributed by atoms with Gasteiger partial charge in [0.25, 0.3) is 0 Å². The second kappa shape index (κ2) is 6.39. The van der Waals surface area contributed by atoms with Crippen LogP contribution in [0.5, 0.6) is 0 Å². The molecule has 0 fully saturated rings. The van der Waals surface area contributed by atoms with Crippen molar-refractivity contribution in [2.24, 2.45) is 11.7 Å². The second-order valence-electron chi connectivity index (χ2n) is 5.88. The first-order valence-corrected chi connectivity index (χ1v) is 8.15. The highest BCUT2D eigenvalue weighted by Gasteiger charge is 2.24. The molecule has 2 unspecified atom stereocenters. The molecule has 2 aromatic carbocycles. The maximum absolute atomic E-state index is 6.45. The molecule has 1 aliphatic carbocycles. The van der Waals surface area contributed by atoms with Crippen LogP contribution in [-0.2, 0) is 19.3 Å². The smallest absolute Gasteiger partial charge is 0.0439 e. The first-order valence-electron chi connectivity index (χ1n) is 7.40. The van der Waals surface area contributed by atoms with Crippen molar-refractivity contribution in [3.63, 3.8) is 0 Å². The molecule has 0 aromatic heterocycles. The van der Waals surface area contributed by atoms with Crippen LogP contribution in [0.1, 0.15) is 23.1 Å². The lowest BCUT2D eigenvalue weighted by molar-refractivity contribution is 0.372. The lowest BCUT2D eigenvalue weighted by Crippen LogP contribution is -2.36. The zero-order valence-corrected chi connectivity index (χ0v) is 13.4. The standard InChI is InChI=1S/C18H19Cl2N/c19-16-7-8-17(20)15(10-16)11-18(21)14-6-5-12-3-1-2-4-13(12)9-14/h1-4,7-8,10,14,18H,5-6,9,11,21H2. The topological polar surface area (TPSA) is 26.0 Å². The fourth-order valence-corrected chi connectivity index (χ4v) is 3.60. The largest absolute Gasteiger partial charge is 0.327 e. The van der Waals surface area contributed by atoms with E-state index in [9.17, 15) is 0 Å². The molecule has 110 valence electrons. The van der Waals surface area contributed by atoms with Crippen LogP contribution in [-0.4, -0.2) is 6.04 Å². The van der Waals surface area contributed by atoms with Crippen molar-refractivity contribution in [3.05, 3.63) is 69.2 Å². The van der Waals surface area contributed by atoms with Crippen molar-refractivity contribution in [2.75, 3.05) is 0 Å². The highest BCUT2D eigenvalue weighted by Crippen LogP contribution is 2.29. The van der Waals surface area contributed by atoms with Crippen LogP contribution in [0.15, 0.2) is 42.5 Å². The van der Waals surface area contributed by atoms with Gasteiger partial charge < -0.3 is 5.73 Å². The zero-order chi connectivity index (χ0) is 14.8. The van der Waals surface area contributed by atoms with Crippen LogP contribution in [0.3, 0.4) is 0 Å². The van der Waals surface area contributed by atoms with Crippen molar-refractivity contribution in [1.29, 1.82) is 0 Å². The predicted molar refractivity (Wildman–Crippen MR) is 90.1 cm³/mol. The molecule has 1 nitrogen and oxygen atoms in total. The third-order valence-electron chi connectivity index (χ3n) is 4.45. The highest BCUT2D eigenvalue weighted by molar-refractivity contribution is 6.33. The van der Waals surface area contributed by atoms with Crippen LogP contribution < -0.4 is 5.73 Å². The van der Waals surface area contributed by atoms with Crippen LogP contribution >= 0.6 is 23.2 Å². The average molecular weight is 320 g/mol. The third-order valence-corrected chi connectivity index (χ3v) is 5.06. The van der Waals surface area contributed by atoms with Crippen LogP contribution in [0.4, 0.5) is 0 Å². The minimum atomic E-state index is 0.120. The third kappa shape index (κ3) is 3.42. The van der Waals surface area contributed by atoms with Gasteiger partial charge in [0.05, 0.1) is 0 Å². The molecule has 0 saturated carbocycles. The van der Waals surface area contributed by atoms with E-state index in [1.54, 1.807) is 0 Å².